The van der Waals surface area contributed by atoms with Crippen molar-refractivity contribution in [2.24, 2.45) is 0 Å². The molecule has 0 spiro atoms. The first-order chi connectivity index (χ1) is 19.2. The van der Waals surface area contributed by atoms with Crippen molar-refractivity contribution in [2.45, 2.75) is 51.4 Å². The normalized spacial score (nSPS) is 16.8. The van der Waals surface area contributed by atoms with Gasteiger partial charge in [-0.1, -0.05) is 23.7 Å². The molecule has 40 heavy (non-hydrogen) atoms. The maximum absolute atomic E-state index is 13.5. The number of anilines is 2. The highest BCUT2D eigenvalue weighted by atomic mass is 35.5. The molecule has 5 rings (SSSR count). The van der Waals surface area contributed by atoms with Crippen LogP contribution in [0.15, 0.2) is 42.7 Å². The van der Waals surface area contributed by atoms with E-state index in [-0.39, 0.29) is 23.9 Å². The van der Waals surface area contributed by atoms with E-state index in [1.165, 1.54) is 0 Å². The third kappa shape index (κ3) is 5.88. The van der Waals surface area contributed by atoms with E-state index in [9.17, 15) is 9.59 Å². The lowest BCUT2D eigenvalue weighted by molar-refractivity contribution is -0.125. The van der Waals surface area contributed by atoms with Crippen LogP contribution in [0.25, 0.3) is 11.3 Å². The van der Waals surface area contributed by atoms with Crippen molar-refractivity contribution in [1.29, 1.82) is 0 Å². The predicted molar refractivity (Wildman–Crippen MR) is 154 cm³/mol. The second-order valence-electron chi connectivity index (χ2n) is 10.5. The molecule has 2 atom stereocenters. The summed E-state index contributed by atoms with van der Waals surface area (Å²) in [5.41, 5.74) is 3.61. The number of hydrogen-bond acceptors (Lipinski definition) is 8. The zero-order valence-electron chi connectivity index (χ0n) is 23.1. The van der Waals surface area contributed by atoms with Crippen LogP contribution in [-0.4, -0.2) is 71.1 Å². The average Bonchev–Trinajstić information content (AvgIpc) is 3.29. The summed E-state index contributed by atoms with van der Waals surface area (Å²) in [6.07, 6.45) is 5.07. The molecule has 2 N–H and O–H groups in total. The summed E-state index contributed by atoms with van der Waals surface area (Å²) in [5, 5.41) is 6.80. The molecule has 2 aliphatic rings. The second kappa shape index (κ2) is 11.8. The molecule has 0 saturated carbocycles. The number of nitrogens with zero attached hydrogens (tertiary/aromatic N) is 5. The van der Waals surface area contributed by atoms with Gasteiger partial charge in [0.2, 0.25) is 11.9 Å². The summed E-state index contributed by atoms with van der Waals surface area (Å²) in [6.45, 7) is 5.44. The van der Waals surface area contributed by atoms with E-state index in [4.69, 9.17) is 16.3 Å². The first-order valence-corrected chi connectivity index (χ1v) is 13.8. The highest BCUT2D eigenvalue weighted by Crippen LogP contribution is 2.32. The molecule has 4 heterocycles. The van der Waals surface area contributed by atoms with Crippen LogP contribution in [0.5, 0.6) is 0 Å². The van der Waals surface area contributed by atoms with Gasteiger partial charge >= 0.3 is 0 Å². The first-order valence-electron chi connectivity index (χ1n) is 13.5. The van der Waals surface area contributed by atoms with Crippen LogP contribution < -0.4 is 15.5 Å². The van der Waals surface area contributed by atoms with E-state index < -0.39 is 6.04 Å². The van der Waals surface area contributed by atoms with Crippen LogP contribution in [0.1, 0.15) is 54.2 Å². The third-order valence-corrected chi connectivity index (χ3v) is 7.72. The van der Waals surface area contributed by atoms with Crippen LogP contribution in [0.2, 0.25) is 5.02 Å². The highest BCUT2D eigenvalue weighted by Gasteiger charge is 2.34. The Morgan fingerprint density at radius 1 is 1.15 bits per heavy atom. The number of aromatic nitrogens is 3. The Kier molecular flexibility index (Phi) is 8.18. The van der Waals surface area contributed by atoms with Crippen molar-refractivity contribution in [2.75, 3.05) is 37.5 Å². The number of carbonyl (C=O) groups excluding carboxylic acids is 2. The summed E-state index contributed by atoms with van der Waals surface area (Å²) in [5.74, 6) is 0.880. The van der Waals surface area contributed by atoms with Crippen molar-refractivity contribution >= 4 is 35.2 Å². The molecule has 2 aliphatic heterocycles. The number of nitrogens with one attached hydrogen (secondary N) is 2. The molecule has 3 aromatic rings. The Hall–Kier alpha value is -3.76. The van der Waals surface area contributed by atoms with Gasteiger partial charge in [0.05, 0.1) is 23.0 Å². The van der Waals surface area contributed by atoms with E-state index in [0.717, 1.165) is 35.3 Å². The molecule has 1 fully saturated rings. The van der Waals surface area contributed by atoms with Crippen LogP contribution in [0.3, 0.4) is 0 Å². The van der Waals surface area contributed by atoms with Gasteiger partial charge in [-0.15, -0.1) is 0 Å². The molecular weight excluding hydrogens is 530 g/mol. The highest BCUT2D eigenvalue weighted by molar-refractivity contribution is 6.33. The summed E-state index contributed by atoms with van der Waals surface area (Å²) < 4.78 is 5.43. The van der Waals surface area contributed by atoms with Crippen LogP contribution in [0.4, 0.5) is 11.8 Å². The largest absolute Gasteiger partial charge is 0.381 e. The monoisotopic (exact) mass is 563 g/mol. The van der Waals surface area contributed by atoms with E-state index in [1.807, 2.05) is 50.2 Å². The van der Waals surface area contributed by atoms with Gasteiger partial charge in [-0.3, -0.25) is 9.59 Å². The third-order valence-electron chi connectivity index (χ3n) is 7.45. The van der Waals surface area contributed by atoms with Crippen molar-refractivity contribution in [3.63, 3.8) is 0 Å². The lowest BCUT2D eigenvalue weighted by Crippen LogP contribution is -2.45. The van der Waals surface area contributed by atoms with Crippen LogP contribution >= 0.6 is 11.6 Å². The number of amides is 2. The first kappa shape index (κ1) is 27.8. The lowest BCUT2D eigenvalue weighted by atomic mass is 10.0. The number of halogens is 1. The van der Waals surface area contributed by atoms with Crippen molar-refractivity contribution < 1.29 is 14.3 Å². The van der Waals surface area contributed by atoms with Gasteiger partial charge in [-0.25, -0.2) is 15.0 Å². The van der Waals surface area contributed by atoms with Crippen molar-refractivity contribution in [1.82, 2.24) is 25.2 Å². The number of hydrogen-bond donors (Lipinski definition) is 2. The molecule has 11 heteroatoms. The number of benzene rings is 1. The Balaban J connectivity index is 1.29. The van der Waals surface area contributed by atoms with Gasteiger partial charge < -0.3 is 25.2 Å². The molecule has 1 aromatic carbocycles. The van der Waals surface area contributed by atoms with E-state index in [1.54, 1.807) is 30.3 Å². The molecule has 0 unspecified atom stereocenters. The number of rotatable bonds is 8. The predicted octanol–water partition coefficient (Wildman–Crippen LogP) is 4.07. The van der Waals surface area contributed by atoms with Gasteiger partial charge in [0, 0.05) is 57.2 Å². The van der Waals surface area contributed by atoms with E-state index >= 15 is 0 Å². The Labute approximate surface area is 239 Å². The molecule has 1 saturated heterocycles. The van der Waals surface area contributed by atoms with Crippen LogP contribution in [0, 0.1) is 0 Å². The SMILES string of the molecule is C[C@H](C(=O)N[C@H](C)c1ccnc(N(C)C)c1)N1Cc2ccc(-c3nc(NC4CCOCC4)ncc3Cl)cc2C1=O. The molecule has 10 nitrogen and oxygen atoms in total. The van der Waals surface area contributed by atoms with Gasteiger partial charge in [0.15, 0.2) is 0 Å². The van der Waals surface area contributed by atoms with E-state index in [2.05, 4.69) is 25.6 Å². The topological polar surface area (TPSA) is 113 Å². The fourth-order valence-corrected chi connectivity index (χ4v) is 5.15. The maximum atomic E-state index is 13.5. The fourth-order valence-electron chi connectivity index (χ4n) is 4.95. The minimum Gasteiger partial charge on any atom is -0.381 e. The average molecular weight is 564 g/mol. The van der Waals surface area contributed by atoms with Gasteiger partial charge in [-0.2, -0.15) is 0 Å². The Morgan fingerprint density at radius 3 is 2.67 bits per heavy atom. The Morgan fingerprint density at radius 2 is 1.93 bits per heavy atom. The molecule has 2 aromatic heterocycles. The summed E-state index contributed by atoms with van der Waals surface area (Å²) in [4.78, 5) is 43.5. The zero-order chi connectivity index (χ0) is 28.4. The van der Waals surface area contributed by atoms with Gasteiger partial charge in [0.1, 0.15) is 11.9 Å². The minimum absolute atomic E-state index is 0.198. The fraction of sp³-hybridized carbons (Fsp3) is 0.414. The second-order valence-corrected chi connectivity index (χ2v) is 10.9. The number of pyridine rings is 1. The van der Waals surface area contributed by atoms with Crippen molar-refractivity contribution in [3.05, 3.63) is 64.4 Å². The zero-order valence-corrected chi connectivity index (χ0v) is 23.9. The molecule has 0 bridgehead atoms. The van der Waals surface area contributed by atoms with Crippen LogP contribution in [-0.2, 0) is 16.1 Å². The molecular formula is C29H34ClN7O3. The standard InChI is InChI=1S/C29H34ClN7O3/c1-17(19-7-10-31-25(14-19)36(3)4)33-27(38)18(2)37-16-21-6-5-20(13-23(21)28(37)39)26-24(30)15-32-29(35-26)34-22-8-11-40-12-9-22/h5-7,10,13-15,17-18,22H,8-9,11-12,16H2,1-4H3,(H,33,38)(H,32,34,35)/t17-,18-/m1/s1. The maximum Gasteiger partial charge on any atom is 0.255 e. The lowest BCUT2D eigenvalue weighted by Gasteiger charge is -2.25. The van der Waals surface area contributed by atoms with Crippen molar-refractivity contribution in [3.8, 4) is 11.3 Å². The number of carbonyl (C=O) groups is 2. The van der Waals surface area contributed by atoms with Gasteiger partial charge in [0.25, 0.3) is 5.91 Å². The molecule has 210 valence electrons. The smallest absolute Gasteiger partial charge is 0.255 e. The minimum atomic E-state index is -0.654. The van der Waals surface area contributed by atoms with Gasteiger partial charge in [-0.05, 0) is 56.0 Å². The summed E-state index contributed by atoms with van der Waals surface area (Å²) in [7, 11) is 3.84. The molecule has 0 radical (unpaired) electrons. The molecule has 0 aliphatic carbocycles. The summed E-state index contributed by atoms with van der Waals surface area (Å²) >= 11 is 6.48. The molecule has 2 amide bonds. The Bertz CT molecular complexity index is 1410. The quantitative estimate of drug-likeness (QED) is 0.422. The number of fused-ring (bicyclic) bond motifs is 1. The number of ether oxygens (including phenoxy) is 1. The summed E-state index contributed by atoms with van der Waals surface area (Å²) in [6, 6.07) is 8.77. The van der Waals surface area contributed by atoms with E-state index in [0.29, 0.717) is 42.0 Å².